The molecule has 0 bridgehead atoms. The van der Waals surface area contributed by atoms with Crippen molar-refractivity contribution in [3.05, 3.63) is 88.8 Å². The molecule has 39 heavy (non-hydrogen) atoms. The van der Waals surface area contributed by atoms with Crippen LogP contribution >= 0.6 is 0 Å². The molecule has 1 aliphatic carbocycles. The molecule has 0 saturated heterocycles. The second-order valence-electron chi connectivity index (χ2n) is 9.36. The molecule has 3 nitrogen and oxygen atoms in total. The average molecular weight is 547 g/mol. The van der Waals surface area contributed by atoms with Crippen LogP contribution in [-0.4, -0.2) is 19.3 Å². The van der Waals surface area contributed by atoms with Gasteiger partial charge < -0.3 is 14.2 Å². The van der Waals surface area contributed by atoms with Crippen molar-refractivity contribution in [2.75, 3.05) is 13.2 Å². The number of halogens is 5. The van der Waals surface area contributed by atoms with E-state index in [0.717, 1.165) is 18.9 Å². The van der Waals surface area contributed by atoms with Crippen LogP contribution in [0.5, 0.6) is 11.5 Å². The maximum absolute atomic E-state index is 14.8. The highest BCUT2D eigenvalue weighted by Gasteiger charge is 2.22. The van der Waals surface area contributed by atoms with E-state index >= 15 is 0 Å². The van der Waals surface area contributed by atoms with Gasteiger partial charge in [-0.1, -0.05) is 31.6 Å². The first-order valence-corrected chi connectivity index (χ1v) is 13.1. The molecule has 3 aromatic carbocycles. The number of benzene rings is 3. The zero-order chi connectivity index (χ0) is 27.9. The third kappa shape index (κ3) is 6.61. The number of unbranched alkanes of at least 4 members (excludes halogenated alkanes) is 1. The summed E-state index contributed by atoms with van der Waals surface area (Å²) in [6.07, 6.45) is 4.72. The predicted octanol–water partition coefficient (Wildman–Crippen LogP) is 8.78. The highest BCUT2D eigenvalue weighted by Crippen LogP contribution is 2.34. The van der Waals surface area contributed by atoms with Gasteiger partial charge in [-0.25, -0.2) is 13.2 Å². The first kappa shape index (κ1) is 28.6. The molecule has 0 N–H and O–H groups in total. The lowest BCUT2D eigenvalue weighted by atomic mass is 9.91. The molecule has 1 atom stereocenters. The average Bonchev–Trinajstić information content (AvgIpc) is 2.94. The summed E-state index contributed by atoms with van der Waals surface area (Å²) in [5, 5.41) is 0. The Bertz CT molecular complexity index is 1340. The van der Waals surface area contributed by atoms with E-state index in [9.17, 15) is 22.0 Å². The van der Waals surface area contributed by atoms with Crippen LogP contribution < -0.4 is 9.47 Å². The first-order chi connectivity index (χ1) is 18.8. The zero-order valence-corrected chi connectivity index (χ0v) is 22.0. The number of allylic oxidation sites excluding steroid dienone is 1. The van der Waals surface area contributed by atoms with Crippen LogP contribution in [0.25, 0.3) is 16.7 Å². The molecule has 4 rings (SSSR count). The summed E-state index contributed by atoms with van der Waals surface area (Å²) >= 11 is 0. The van der Waals surface area contributed by atoms with Crippen LogP contribution in [0.15, 0.2) is 48.5 Å². The van der Waals surface area contributed by atoms with Gasteiger partial charge >= 0.3 is 0 Å². The summed E-state index contributed by atoms with van der Waals surface area (Å²) in [6.45, 7) is 4.14. The second kappa shape index (κ2) is 13.1. The smallest absolute Gasteiger partial charge is 0.201 e. The van der Waals surface area contributed by atoms with Crippen LogP contribution in [0.2, 0.25) is 0 Å². The molecule has 0 amide bonds. The van der Waals surface area contributed by atoms with Crippen molar-refractivity contribution in [2.24, 2.45) is 0 Å². The van der Waals surface area contributed by atoms with Crippen molar-refractivity contribution in [3.63, 3.8) is 0 Å². The molecule has 0 heterocycles. The molecular weight excluding hydrogens is 515 g/mol. The minimum Gasteiger partial charge on any atom is -0.491 e. The predicted molar refractivity (Wildman–Crippen MR) is 140 cm³/mol. The van der Waals surface area contributed by atoms with Gasteiger partial charge in [0.1, 0.15) is 5.82 Å². The van der Waals surface area contributed by atoms with Gasteiger partial charge in [0.25, 0.3) is 0 Å². The first-order valence-electron chi connectivity index (χ1n) is 13.1. The Labute approximate surface area is 225 Å². The van der Waals surface area contributed by atoms with Crippen LogP contribution in [-0.2, 0) is 11.3 Å². The number of ether oxygens (including phenoxy) is 3. The van der Waals surface area contributed by atoms with E-state index in [1.54, 1.807) is 6.92 Å². The van der Waals surface area contributed by atoms with E-state index in [2.05, 4.69) is 0 Å². The van der Waals surface area contributed by atoms with Crippen molar-refractivity contribution in [1.82, 2.24) is 0 Å². The van der Waals surface area contributed by atoms with E-state index in [1.807, 2.05) is 13.0 Å². The van der Waals surface area contributed by atoms with Gasteiger partial charge in [-0.05, 0) is 74.1 Å². The topological polar surface area (TPSA) is 27.7 Å². The van der Waals surface area contributed by atoms with Gasteiger partial charge in [-0.15, -0.1) is 0 Å². The van der Waals surface area contributed by atoms with Crippen LogP contribution in [0.4, 0.5) is 22.0 Å². The van der Waals surface area contributed by atoms with E-state index in [4.69, 9.17) is 14.2 Å². The molecule has 0 saturated carbocycles. The monoisotopic (exact) mass is 546 g/mol. The highest BCUT2D eigenvalue weighted by molar-refractivity contribution is 5.68. The molecule has 0 radical (unpaired) electrons. The van der Waals surface area contributed by atoms with Gasteiger partial charge in [0.15, 0.2) is 23.1 Å². The third-order valence-corrected chi connectivity index (χ3v) is 6.70. The number of rotatable bonds is 11. The van der Waals surface area contributed by atoms with Gasteiger partial charge in [0, 0.05) is 16.7 Å². The maximum Gasteiger partial charge on any atom is 0.201 e. The number of hydrogen-bond acceptors (Lipinski definition) is 3. The van der Waals surface area contributed by atoms with E-state index in [0.29, 0.717) is 31.4 Å². The van der Waals surface area contributed by atoms with Crippen LogP contribution in [0.3, 0.4) is 0 Å². The maximum atomic E-state index is 14.8. The van der Waals surface area contributed by atoms with Gasteiger partial charge in [0.05, 0.1) is 25.9 Å². The lowest BCUT2D eigenvalue weighted by molar-refractivity contribution is 0.0345. The van der Waals surface area contributed by atoms with Crippen molar-refractivity contribution in [1.29, 1.82) is 0 Å². The Morgan fingerprint density at radius 1 is 0.795 bits per heavy atom. The summed E-state index contributed by atoms with van der Waals surface area (Å²) in [5.74, 6) is -5.04. The second-order valence-corrected chi connectivity index (χ2v) is 9.36. The molecule has 1 aliphatic rings. The largest absolute Gasteiger partial charge is 0.491 e. The summed E-state index contributed by atoms with van der Waals surface area (Å²) in [5.41, 5.74) is 1.28. The lowest BCUT2D eigenvalue weighted by Crippen LogP contribution is -2.16. The minimum absolute atomic E-state index is 0.0210. The Hall–Kier alpha value is -3.39. The molecule has 0 aromatic heterocycles. The fourth-order valence-electron chi connectivity index (χ4n) is 4.48. The summed E-state index contributed by atoms with van der Waals surface area (Å²) < 4.78 is 89.0. The Balaban J connectivity index is 1.37. The van der Waals surface area contributed by atoms with Crippen LogP contribution in [0, 0.1) is 29.1 Å². The molecule has 8 heteroatoms. The fourth-order valence-corrected chi connectivity index (χ4v) is 4.48. The molecular formula is C31H31F5O3. The Morgan fingerprint density at radius 3 is 2.13 bits per heavy atom. The van der Waals surface area contributed by atoms with Crippen molar-refractivity contribution < 1.29 is 36.2 Å². The van der Waals surface area contributed by atoms with Gasteiger partial charge in [0.2, 0.25) is 11.6 Å². The number of hydrogen-bond donors (Lipinski definition) is 0. The Kier molecular flexibility index (Phi) is 9.62. The van der Waals surface area contributed by atoms with Crippen molar-refractivity contribution >= 4 is 5.57 Å². The van der Waals surface area contributed by atoms with Crippen LogP contribution in [0.1, 0.15) is 57.1 Å². The van der Waals surface area contributed by atoms with Gasteiger partial charge in [-0.2, -0.15) is 8.78 Å². The molecule has 3 aromatic rings. The summed E-state index contributed by atoms with van der Waals surface area (Å²) in [7, 11) is 0. The molecule has 1 unspecified atom stereocenters. The highest BCUT2D eigenvalue weighted by atomic mass is 19.2. The minimum atomic E-state index is -1.12. The van der Waals surface area contributed by atoms with Gasteiger partial charge in [-0.3, -0.25) is 0 Å². The summed E-state index contributed by atoms with van der Waals surface area (Å²) in [6, 6.07) is 9.77. The molecule has 208 valence electrons. The molecule has 0 aliphatic heterocycles. The summed E-state index contributed by atoms with van der Waals surface area (Å²) in [4.78, 5) is 0. The normalized spacial score (nSPS) is 15.3. The molecule has 0 spiro atoms. The lowest BCUT2D eigenvalue weighted by Gasteiger charge is -2.23. The van der Waals surface area contributed by atoms with E-state index in [-0.39, 0.29) is 53.1 Å². The van der Waals surface area contributed by atoms with E-state index < -0.39 is 29.1 Å². The molecule has 0 fully saturated rings. The van der Waals surface area contributed by atoms with Crippen molar-refractivity contribution in [2.45, 2.75) is 58.7 Å². The Morgan fingerprint density at radius 2 is 1.49 bits per heavy atom. The quantitative estimate of drug-likeness (QED) is 0.178. The van der Waals surface area contributed by atoms with Crippen molar-refractivity contribution in [3.8, 4) is 22.6 Å². The zero-order valence-electron chi connectivity index (χ0n) is 22.0. The third-order valence-electron chi connectivity index (χ3n) is 6.70. The SMILES string of the molecule is CCCCOc1ccc(C2=CCC(OCc3ccc(-c4ccc(OCC)c(F)c4F)cc3F)CC2)c(F)c1F. The van der Waals surface area contributed by atoms with E-state index in [1.165, 1.54) is 36.4 Å². The fraction of sp³-hybridized carbons (Fsp3) is 0.355. The standard InChI is InChI=1S/C31H31F5O3/c1-3-5-16-38-27-15-12-23(28(33)31(27)36)19-8-10-22(11-9-19)39-18-21-7-6-20(17-25(21)32)24-13-14-26(37-4-2)30(35)29(24)34/h6-8,12-15,17,22H,3-5,9-11,16,18H2,1-2H3.